The number of benzene rings is 1. The molecule has 2 aliphatic rings. The van der Waals surface area contributed by atoms with Gasteiger partial charge in [-0.3, -0.25) is 0 Å². The number of piperazine rings is 1. The summed E-state index contributed by atoms with van der Waals surface area (Å²) in [5.41, 5.74) is 4.66. The van der Waals surface area contributed by atoms with Crippen molar-refractivity contribution in [1.29, 1.82) is 0 Å². The topological polar surface area (TPSA) is 28.2 Å². The minimum Gasteiger partial charge on any atom is -0.353 e. The number of hydrogen-bond donors (Lipinski definition) is 1. The molecule has 2 heterocycles. The van der Waals surface area contributed by atoms with E-state index in [-0.39, 0.29) is 0 Å². The average Bonchev–Trinajstić information content (AvgIpc) is 3.05. The first kappa shape index (κ1) is 15.2. The van der Waals surface area contributed by atoms with Gasteiger partial charge >= 0.3 is 0 Å². The van der Waals surface area contributed by atoms with E-state index in [9.17, 15) is 0 Å². The number of fused-ring (bicyclic) bond motifs is 1. The monoisotopic (exact) mass is 327 g/mol. The Morgan fingerprint density at radius 3 is 2.87 bits per heavy atom. The maximum atomic E-state index is 4.91. The van der Waals surface area contributed by atoms with Crippen LogP contribution in [0.1, 0.15) is 37.8 Å². The molecule has 1 aliphatic carbocycles. The molecule has 0 unspecified atom stereocenters. The highest BCUT2D eigenvalue weighted by Crippen LogP contribution is 2.39. The third-order valence-corrected chi connectivity index (χ3v) is 6.14. The Bertz CT molecular complexity index is 698. The molecule has 0 saturated carbocycles. The van der Waals surface area contributed by atoms with Gasteiger partial charge in [0, 0.05) is 37.1 Å². The number of aryl methyl sites for hydroxylation is 1. The fourth-order valence-electron chi connectivity index (χ4n) is 3.89. The molecular weight excluding hydrogens is 302 g/mol. The Kier molecular flexibility index (Phi) is 3.90. The van der Waals surface area contributed by atoms with Gasteiger partial charge in [0.15, 0.2) is 0 Å². The molecular formula is C19H25N3S. The van der Waals surface area contributed by atoms with Gasteiger partial charge in [-0.2, -0.15) is 0 Å². The van der Waals surface area contributed by atoms with Crippen LogP contribution in [0.3, 0.4) is 0 Å². The number of hydrogen-bond acceptors (Lipinski definition) is 4. The van der Waals surface area contributed by atoms with E-state index >= 15 is 0 Å². The van der Waals surface area contributed by atoms with Gasteiger partial charge < -0.3 is 10.2 Å². The summed E-state index contributed by atoms with van der Waals surface area (Å²) in [6, 6.07) is 7.00. The van der Waals surface area contributed by atoms with Crippen LogP contribution in [0.2, 0.25) is 0 Å². The second kappa shape index (κ2) is 5.91. The van der Waals surface area contributed by atoms with Gasteiger partial charge in [-0.25, -0.2) is 4.98 Å². The molecule has 1 aromatic heterocycles. The molecule has 1 N–H and O–H groups in total. The summed E-state index contributed by atoms with van der Waals surface area (Å²) < 4.78 is 0. The maximum Gasteiger partial charge on any atom is 0.140 e. The highest BCUT2D eigenvalue weighted by molar-refractivity contribution is 7.13. The van der Waals surface area contributed by atoms with Crippen LogP contribution in [0, 0.1) is 0 Å². The molecule has 0 bridgehead atoms. The van der Waals surface area contributed by atoms with Gasteiger partial charge in [-0.1, -0.05) is 26.0 Å². The predicted octanol–water partition coefficient (Wildman–Crippen LogP) is 3.83. The largest absolute Gasteiger partial charge is 0.353 e. The van der Waals surface area contributed by atoms with Crippen LogP contribution in [-0.4, -0.2) is 31.2 Å². The van der Waals surface area contributed by atoms with Gasteiger partial charge in [0.2, 0.25) is 0 Å². The van der Waals surface area contributed by atoms with E-state index in [0.29, 0.717) is 5.41 Å². The number of rotatable bonds is 2. The Balaban J connectivity index is 1.62. The van der Waals surface area contributed by atoms with Crippen molar-refractivity contribution < 1.29 is 0 Å². The molecule has 0 spiro atoms. The highest BCUT2D eigenvalue weighted by atomic mass is 32.1. The number of aromatic nitrogens is 1. The van der Waals surface area contributed by atoms with Gasteiger partial charge in [0.1, 0.15) is 10.8 Å². The third kappa shape index (κ3) is 2.90. The van der Waals surface area contributed by atoms with Crippen molar-refractivity contribution >= 4 is 17.2 Å². The highest BCUT2D eigenvalue weighted by Gasteiger charge is 2.27. The number of thiazole rings is 1. The van der Waals surface area contributed by atoms with E-state index in [0.717, 1.165) is 37.0 Å². The van der Waals surface area contributed by atoms with Crippen LogP contribution in [0.4, 0.5) is 5.82 Å². The number of nitrogens with zero attached hydrogens (tertiary/aromatic N) is 2. The molecule has 0 atom stereocenters. The molecule has 0 radical (unpaired) electrons. The van der Waals surface area contributed by atoms with Crippen molar-refractivity contribution in [3.8, 4) is 10.6 Å². The first-order valence-electron chi connectivity index (χ1n) is 8.68. The molecule has 3 nitrogen and oxygen atoms in total. The molecule has 23 heavy (non-hydrogen) atoms. The quantitative estimate of drug-likeness (QED) is 0.908. The Labute approximate surface area is 142 Å². The van der Waals surface area contributed by atoms with Crippen molar-refractivity contribution in [3.05, 3.63) is 34.7 Å². The lowest BCUT2D eigenvalue weighted by molar-refractivity contribution is 0.432. The van der Waals surface area contributed by atoms with Crippen molar-refractivity contribution in [2.24, 2.45) is 0 Å². The summed E-state index contributed by atoms with van der Waals surface area (Å²) in [5.74, 6) is 1.14. The molecule has 1 saturated heterocycles. The van der Waals surface area contributed by atoms with Crippen LogP contribution in [0.5, 0.6) is 0 Å². The zero-order chi connectivity index (χ0) is 15.9. The van der Waals surface area contributed by atoms with E-state index in [2.05, 4.69) is 47.6 Å². The first-order valence-corrected chi connectivity index (χ1v) is 9.56. The summed E-state index contributed by atoms with van der Waals surface area (Å²) in [4.78, 5) is 7.29. The fraction of sp³-hybridized carbons (Fsp3) is 0.526. The van der Waals surface area contributed by atoms with Crippen LogP contribution in [0.25, 0.3) is 10.6 Å². The first-order chi connectivity index (χ1) is 11.1. The van der Waals surface area contributed by atoms with Crippen molar-refractivity contribution in [2.45, 2.75) is 38.5 Å². The molecule has 1 aliphatic heterocycles. The smallest absolute Gasteiger partial charge is 0.140 e. The van der Waals surface area contributed by atoms with Crippen LogP contribution in [-0.2, 0) is 11.8 Å². The summed E-state index contributed by atoms with van der Waals surface area (Å²) >= 11 is 1.77. The van der Waals surface area contributed by atoms with E-state index in [1.54, 1.807) is 11.3 Å². The van der Waals surface area contributed by atoms with Crippen molar-refractivity contribution in [2.75, 3.05) is 31.1 Å². The second-order valence-corrected chi connectivity index (χ2v) is 8.22. The van der Waals surface area contributed by atoms with E-state index < -0.39 is 0 Å². The molecule has 122 valence electrons. The normalized spacial score (nSPS) is 20.3. The molecule has 0 amide bonds. The summed E-state index contributed by atoms with van der Waals surface area (Å²) in [6.45, 7) is 8.97. The van der Waals surface area contributed by atoms with Crippen molar-refractivity contribution in [1.82, 2.24) is 10.3 Å². The summed E-state index contributed by atoms with van der Waals surface area (Å²) in [6.07, 6.45) is 3.81. The van der Waals surface area contributed by atoms with Crippen LogP contribution < -0.4 is 10.2 Å². The second-order valence-electron chi connectivity index (χ2n) is 7.36. The third-order valence-electron chi connectivity index (χ3n) is 5.26. The summed E-state index contributed by atoms with van der Waals surface area (Å²) in [5, 5.41) is 6.77. The minimum atomic E-state index is 0.320. The summed E-state index contributed by atoms with van der Waals surface area (Å²) in [7, 11) is 0. The minimum absolute atomic E-state index is 0.320. The molecule has 1 aromatic carbocycles. The lowest BCUT2D eigenvalue weighted by Gasteiger charge is -2.32. The zero-order valence-electron chi connectivity index (χ0n) is 14.1. The lowest BCUT2D eigenvalue weighted by Crippen LogP contribution is -2.43. The van der Waals surface area contributed by atoms with E-state index in [1.165, 1.54) is 36.0 Å². The Hall–Kier alpha value is -1.39. The van der Waals surface area contributed by atoms with E-state index in [4.69, 9.17) is 4.98 Å². The Morgan fingerprint density at radius 1 is 1.22 bits per heavy atom. The van der Waals surface area contributed by atoms with Crippen LogP contribution >= 0.6 is 11.3 Å². The fourth-order valence-corrected chi connectivity index (χ4v) is 4.71. The molecule has 2 aromatic rings. The van der Waals surface area contributed by atoms with Gasteiger partial charge in [0.05, 0.1) is 0 Å². The van der Waals surface area contributed by atoms with Crippen LogP contribution in [0.15, 0.2) is 23.6 Å². The van der Waals surface area contributed by atoms with Crippen molar-refractivity contribution in [3.63, 3.8) is 0 Å². The molecule has 1 fully saturated rings. The standard InChI is InChI=1S/C19H25N3S/c1-19(2)7-3-4-14-12-15(5-6-16(14)19)18-21-17(13-23-18)22-10-8-20-9-11-22/h5-6,12-13,20H,3-4,7-11H2,1-2H3. The molecule has 4 rings (SSSR count). The van der Waals surface area contributed by atoms with Gasteiger partial charge in [0.25, 0.3) is 0 Å². The predicted molar refractivity (Wildman–Crippen MR) is 98.6 cm³/mol. The zero-order valence-corrected chi connectivity index (χ0v) is 14.9. The number of nitrogens with one attached hydrogen (secondary N) is 1. The van der Waals surface area contributed by atoms with Gasteiger partial charge in [-0.05, 0) is 41.9 Å². The lowest BCUT2D eigenvalue weighted by atomic mass is 9.72. The van der Waals surface area contributed by atoms with Gasteiger partial charge in [-0.15, -0.1) is 11.3 Å². The SMILES string of the molecule is CC1(C)CCCc2cc(-c3nc(N4CCNCC4)cs3)ccc21. The Morgan fingerprint density at radius 2 is 2.04 bits per heavy atom. The average molecular weight is 327 g/mol. The van der Waals surface area contributed by atoms with E-state index in [1.807, 2.05) is 0 Å². The number of anilines is 1. The maximum absolute atomic E-state index is 4.91. The molecule has 4 heteroatoms.